The molecule has 0 bridgehead atoms. The van der Waals surface area contributed by atoms with Crippen LogP contribution in [0.15, 0.2) is 5.11 Å². The van der Waals surface area contributed by atoms with E-state index in [0.717, 1.165) is 4.90 Å². The summed E-state index contributed by atoms with van der Waals surface area (Å²) in [4.78, 5) is 14.0. The number of hydrogen-bond acceptors (Lipinski definition) is 3. The molecule has 78 valence electrons. The topological polar surface area (TPSA) is 81.1 Å². The maximum absolute atomic E-state index is 12.8. The number of alkyl halides is 2. The molecule has 1 rings (SSSR count). The van der Waals surface area contributed by atoms with Gasteiger partial charge in [-0.15, -0.1) is 0 Å². The molecular formula is C6H9F2N5O. The van der Waals surface area contributed by atoms with Crippen molar-refractivity contribution in [2.24, 2.45) is 5.11 Å². The zero-order valence-corrected chi connectivity index (χ0v) is 7.28. The molecule has 1 aliphatic rings. The van der Waals surface area contributed by atoms with Crippen LogP contribution < -0.4 is 5.32 Å². The smallest absolute Gasteiger partial charge is 0.335 e. The summed E-state index contributed by atoms with van der Waals surface area (Å²) in [7, 11) is 0. The van der Waals surface area contributed by atoms with Gasteiger partial charge in [0.25, 0.3) is 5.91 Å². The van der Waals surface area contributed by atoms with Crippen molar-refractivity contribution in [1.29, 1.82) is 0 Å². The third kappa shape index (κ3) is 2.30. The van der Waals surface area contributed by atoms with Crippen LogP contribution in [-0.4, -0.2) is 43.0 Å². The van der Waals surface area contributed by atoms with Gasteiger partial charge in [0.2, 0.25) is 0 Å². The summed E-state index contributed by atoms with van der Waals surface area (Å²) < 4.78 is 25.5. The number of amides is 1. The highest BCUT2D eigenvalue weighted by Crippen LogP contribution is 2.19. The lowest BCUT2D eigenvalue weighted by molar-refractivity contribution is -0.157. The maximum Gasteiger partial charge on any atom is 0.402 e. The number of carbonyl (C=O) groups is 1. The van der Waals surface area contributed by atoms with E-state index in [1.54, 1.807) is 0 Å². The summed E-state index contributed by atoms with van der Waals surface area (Å²) in [5.74, 6) is -1.43. The minimum atomic E-state index is -3.97. The Labute approximate surface area is 78.5 Å². The van der Waals surface area contributed by atoms with E-state index in [1.165, 1.54) is 0 Å². The third-order valence-corrected chi connectivity index (χ3v) is 1.83. The Morgan fingerprint density at radius 1 is 1.50 bits per heavy atom. The molecule has 0 aromatic rings. The molecule has 0 atom stereocenters. The Morgan fingerprint density at radius 3 is 2.57 bits per heavy atom. The Bertz CT molecular complexity index is 269. The van der Waals surface area contributed by atoms with Crippen LogP contribution in [0, 0.1) is 0 Å². The van der Waals surface area contributed by atoms with Crippen molar-refractivity contribution in [1.82, 2.24) is 10.2 Å². The zero-order valence-electron chi connectivity index (χ0n) is 7.28. The predicted molar refractivity (Wildman–Crippen MR) is 43.5 cm³/mol. The number of piperazine rings is 1. The Morgan fingerprint density at radius 2 is 2.07 bits per heavy atom. The quantitative estimate of drug-likeness (QED) is 0.305. The van der Waals surface area contributed by atoms with E-state index in [1.807, 2.05) is 4.91 Å². The molecule has 0 aromatic carbocycles. The summed E-state index contributed by atoms with van der Waals surface area (Å²) in [6.07, 6.45) is 0. The number of carbonyl (C=O) groups excluding carboxylic acids is 1. The molecule has 1 N–H and O–H groups in total. The molecule has 0 aromatic heterocycles. The second kappa shape index (κ2) is 4.21. The normalized spacial score (nSPS) is 17.4. The summed E-state index contributed by atoms with van der Waals surface area (Å²) in [6.45, 7) is 1.35. The summed E-state index contributed by atoms with van der Waals surface area (Å²) in [5.41, 5.74) is 7.84. The fourth-order valence-corrected chi connectivity index (χ4v) is 1.16. The molecule has 14 heavy (non-hydrogen) atoms. The number of rotatable bonds is 2. The summed E-state index contributed by atoms with van der Waals surface area (Å²) in [6, 6.07) is -3.97. The van der Waals surface area contributed by atoms with Crippen LogP contribution in [0.4, 0.5) is 8.78 Å². The van der Waals surface area contributed by atoms with Gasteiger partial charge in [-0.1, -0.05) is 0 Å². The van der Waals surface area contributed by atoms with Gasteiger partial charge in [-0.2, -0.15) is 8.78 Å². The Kier molecular flexibility index (Phi) is 3.21. The largest absolute Gasteiger partial charge is 0.402 e. The number of nitrogens with zero attached hydrogens (tertiary/aromatic N) is 4. The first-order valence-electron chi connectivity index (χ1n) is 4.02. The molecule has 1 amide bonds. The van der Waals surface area contributed by atoms with Crippen LogP contribution >= 0.6 is 0 Å². The van der Waals surface area contributed by atoms with Gasteiger partial charge in [-0.05, 0) is 10.6 Å². The monoisotopic (exact) mass is 205 g/mol. The molecular weight excluding hydrogens is 196 g/mol. The van der Waals surface area contributed by atoms with Gasteiger partial charge in [-0.3, -0.25) is 4.79 Å². The predicted octanol–water partition coefficient (Wildman–Crippen LogP) is 0.321. The lowest BCUT2D eigenvalue weighted by Gasteiger charge is -2.28. The molecule has 0 radical (unpaired) electrons. The van der Waals surface area contributed by atoms with Gasteiger partial charge in [-0.25, -0.2) is 0 Å². The first kappa shape index (κ1) is 10.7. The van der Waals surface area contributed by atoms with Crippen LogP contribution in [-0.2, 0) is 4.79 Å². The molecule has 0 unspecified atom stereocenters. The van der Waals surface area contributed by atoms with Gasteiger partial charge in [0.05, 0.1) is 0 Å². The van der Waals surface area contributed by atoms with Crippen molar-refractivity contribution in [3.63, 3.8) is 0 Å². The number of azide groups is 1. The van der Waals surface area contributed by atoms with E-state index >= 15 is 0 Å². The molecule has 1 heterocycles. The average Bonchev–Trinajstić information content (AvgIpc) is 2.18. The van der Waals surface area contributed by atoms with Gasteiger partial charge in [0.15, 0.2) is 0 Å². The van der Waals surface area contributed by atoms with Crippen LogP contribution in [0.25, 0.3) is 10.4 Å². The van der Waals surface area contributed by atoms with Crippen LogP contribution in [0.2, 0.25) is 0 Å². The fourth-order valence-electron chi connectivity index (χ4n) is 1.16. The standard InChI is InChI=1S/C6H9F2N5O/c7-6(8,11-12-9)5(14)13-3-1-10-2-4-13/h10H,1-4H2. The van der Waals surface area contributed by atoms with Crippen LogP contribution in [0.1, 0.15) is 0 Å². The van der Waals surface area contributed by atoms with Crippen molar-refractivity contribution in [3.05, 3.63) is 10.4 Å². The van der Waals surface area contributed by atoms with Crippen molar-refractivity contribution >= 4 is 5.91 Å². The number of nitrogens with one attached hydrogen (secondary N) is 1. The van der Waals surface area contributed by atoms with Crippen molar-refractivity contribution in [2.45, 2.75) is 6.05 Å². The fraction of sp³-hybridized carbons (Fsp3) is 0.833. The van der Waals surface area contributed by atoms with Gasteiger partial charge in [0.1, 0.15) is 0 Å². The highest BCUT2D eigenvalue weighted by Gasteiger charge is 2.41. The van der Waals surface area contributed by atoms with Crippen molar-refractivity contribution in [3.8, 4) is 0 Å². The van der Waals surface area contributed by atoms with E-state index < -0.39 is 12.0 Å². The average molecular weight is 205 g/mol. The molecule has 0 spiro atoms. The maximum atomic E-state index is 12.8. The highest BCUT2D eigenvalue weighted by molar-refractivity contribution is 5.83. The summed E-state index contributed by atoms with van der Waals surface area (Å²) >= 11 is 0. The first-order chi connectivity index (χ1) is 6.58. The third-order valence-electron chi connectivity index (χ3n) is 1.83. The highest BCUT2D eigenvalue weighted by atomic mass is 19.3. The molecule has 1 aliphatic heterocycles. The van der Waals surface area contributed by atoms with Gasteiger partial charge >= 0.3 is 6.05 Å². The minimum Gasteiger partial charge on any atom is -0.335 e. The first-order valence-corrected chi connectivity index (χ1v) is 4.02. The molecule has 8 heteroatoms. The number of hydrogen-bond donors (Lipinski definition) is 1. The Balaban J connectivity index is 2.67. The lowest BCUT2D eigenvalue weighted by Crippen LogP contribution is -2.51. The molecule has 0 saturated carbocycles. The molecule has 1 saturated heterocycles. The van der Waals surface area contributed by atoms with Crippen LogP contribution in [0.3, 0.4) is 0 Å². The number of halogens is 2. The van der Waals surface area contributed by atoms with E-state index in [2.05, 4.69) is 10.4 Å². The van der Waals surface area contributed by atoms with E-state index in [0.29, 0.717) is 13.1 Å². The van der Waals surface area contributed by atoms with Gasteiger partial charge in [0, 0.05) is 31.1 Å². The van der Waals surface area contributed by atoms with E-state index in [9.17, 15) is 13.6 Å². The Hall–Kier alpha value is -1.40. The van der Waals surface area contributed by atoms with E-state index in [4.69, 9.17) is 5.53 Å². The second-order valence-corrected chi connectivity index (χ2v) is 2.77. The summed E-state index contributed by atoms with van der Waals surface area (Å²) in [5, 5.41) is 5.08. The van der Waals surface area contributed by atoms with Crippen molar-refractivity contribution in [2.75, 3.05) is 26.2 Å². The zero-order chi connectivity index (χ0) is 10.6. The van der Waals surface area contributed by atoms with Gasteiger partial charge < -0.3 is 10.2 Å². The second-order valence-electron chi connectivity index (χ2n) is 2.77. The molecule has 0 aliphatic carbocycles. The lowest BCUT2D eigenvalue weighted by atomic mass is 10.3. The van der Waals surface area contributed by atoms with Crippen LogP contribution in [0.5, 0.6) is 0 Å². The SMILES string of the molecule is [N-]=[N+]=NC(F)(F)C(=O)N1CCNCC1. The van der Waals surface area contributed by atoms with E-state index in [-0.39, 0.29) is 13.1 Å². The molecule has 6 nitrogen and oxygen atoms in total. The van der Waals surface area contributed by atoms with Crippen molar-refractivity contribution < 1.29 is 13.6 Å². The minimum absolute atomic E-state index is 0.204. The molecule has 1 fully saturated rings.